The molecule has 7 heteroatoms. The first-order valence-corrected chi connectivity index (χ1v) is 9.34. The van der Waals surface area contributed by atoms with Crippen LogP contribution in [0.1, 0.15) is 43.0 Å². The second-order valence-electron chi connectivity index (χ2n) is 5.92. The van der Waals surface area contributed by atoms with Crippen molar-refractivity contribution in [2.24, 2.45) is 0 Å². The monoisotopic (exact) mass is 335 g/mol. The quantitative estimate of drug-likeness (QED) is 0.858. The molecule has 0 radical (unpaired) electrons. The highest BCUT2D eigenvalue weighted by Crippen LogP contribution is 2.29. The number of aromatic nitrogens is 2. The van der Waals surface area contributed by atoms with E-state index in [0.29, 0.717) is 36.1 Å². The van der Waals surface area contributed by atoms with Gasteiger partial charge in [-0.1, -0.05) is 29.8 Å². The summed E-state index contributed by atoms with van der Waals surface area (Å²) >= 11 is 0. The Hall–Kier alpha value is -1.73. The van der Waals surface area contributed by atoms with Crippen molar-refractivity contribution in [3.05, 3.63) is 41.5 Å². The maximum absolute atomic E-state index is 12.8. The van der Waals surface area contributed by atoms with Crippen molar-refractivity contribution < 1.29 is 12.9 Å². The number of sulfonamides is 1. The lowest BCUT2D eigenvalue weighted by molar-refractivity contribution is 0.300. The summed E-state index contributed by atoms with van der Waals surface area (Å²) in [4.78, 5) is 4.69. The molecule has 23 heavy (non-hydrogen) atoms. The van der Waals surface area contributed by atoms with E-state index in [9.17, 15) is 8.42 Å². The van der Waals surface area contributed by atoms with Gasteiger partial charge in [0.1, 0.15) is 0 Å². The molecule has 1 aromatic heterocycles. The van der Waals surface area contributed by atoms with Crippen molar-refractivity contribution in [1.82, 2.24) is 14.4 Å². The van der Waals surface area contributed by atoms with Gasteiger partial charge in [-0.25, -0.2) is 8.42 Å². The van der Waals surface area contributed by atoms with E-state index in [1.165, 1.54) is 4.31 Å². The van der Waals surface area contributed by atoms with Crippen LogP contribution in [0.2, 0.25) is 0 Å². The summed E-state index contributed by atoms with van der Waals surface area (Å²) in [5, 5.41) is 4.00. The van der Waals surface area contributed by atoms with Gasteiger partial charge in [0.2, 0.25) is 15.9 Å². The van der Waals surface area contributed by atoms with Crippen molar-refractivity contribution >= 4 is 10.0 Å². The summed E-state index contributed by atoms with van der Waals surface area (Å²) in [6.07, 6.45) is 2.36. The van der Waals surface area contributed by atoms with E-state index in [-0.39, 0.29) is 5.92 Å². The molecule has 1 aliphatic heterocycles. The Morgan fingerprint density at radius 1 is 1.30 bits per heavy atom. The van der Waals surface area contributed by atoms with Crippen LogP contribution >= 0.6 is 0 Å². The average Bonchev–Trinajstić information content (AvgIpc) is 3.04. The summed E-state index contributed by atoms with van der Waals surface area (Å²) in [7, 11) is -3.47. The Bertz CT molecular complexity index is 768. The van der Waals surface area contributed by atoms with E-state index >= 15 is 0 Å². The fourth-order valence-corrected chi connectivity index (χ4v) is 4.33. The summed E-state index contributed by atoms with van der Waals surface area (Å²) in [5.41, 5.74) is 1.04. The molecule has 2 aromatic rings. The average molecular weight is 335 g/mol. The molecule has 1 fully saturated rings. The zero-order valence-corrected chi connectivity index (χ0v) is 14.2. The lowest BCUT2D eigenvalue weighted by Gasteiger charge is -2.30. The highest BCUT2D eigenvalue weighted by molar-refractivity contribution is 7.89. The molecule has 2 heterocycles. The van der Waals surface area contributed by atoms with Crippen LogP contribution < -0.4 is 0 Å². The number of benzene rings is 1. The van der Waals surface area contributed by atoms with Crippen LogP contribution in [0.25, 0.3) is 0 Å². The molecule has 0 N–H and O–H groups in total. The van der Waals surface area contributed by atoms with Gasteiger partial charge in [0.05, 0.1) is 4.90 Å². The predicted molar refractivity (Wildman–Crippen MR) is 85.6 cm³/mol. The third-order valence-corrected chi connectivity index (χ3v) is 6.07. The molecule has 1 aromatic carbocycles. The molecule has 3 rings (SSSR count). The minimum absolute atomic E-state index is 0.00646. The minimum Gasteiger partial charge on any atom is -0.339 e. The van der Waals surface area contributed by atoms with Crippen LogP contribution in [-0.2, 0) is 16.4 Å². The van der Waals surface area contributed by atoms with Crippen LogP contribution in [-0.4, -0.2) is 36.0 Å². The van der Waals surface area contributed by atoms with Gasteiger partial charge >= 0.3 is 0 Å². The molecule has 124 valence electrons. The van der Waals surface area contributed by atoms with E-state index in [1.807, 2.05) is 26.0 Å². The van der Waals surface area contributed by atoms with Crippen LogP contribution in [0.3, 0.4) is 0 Å². The van der Waals surface area contributed by atoms with Crippen molar-refractivity contribution in [2.75, 3.05) is 13.1 Å². The first-order valence-electron chi connectivity index (χ1n) is 7.90. The Balaban J connectivity index is 1.81. The van der Waals surface area contributed by atoms with Gasteiger partial charge in [-0.15, -0.1) is 0 Å². The Morgan fingerprint density at radius 2 is 2.04 bits per heavy atom. The number of hydrogen-bond donors (Lipinski definition) is 0. The molecule has 0 amide bonds. The molecule has 0 aliphatic carbocycles. The first kappa shape index (κ1) is 16.1. The molecular weight excluding hydrogens is 314 g/mol. The van der Waals surface area contributed by atoms with Gasteiger partial charge in [0.25, 0.3) is 0 Å². The maximum atomic E-state index is 12.8. The van der Waals surface area contributed by atoms with Crippen LogP contribution in [0.5, 0.6) is 0 Å². The molecular formula is C16H21N3O3S. The van der Waals surface area contributed by atoms with Crippen molar-refractivity contribution in [1.29, 1.82) is 0 Å². The second kappa shape index (κ2) is 6.41. The van der Waals surface area contributed by atoms with Gasteiger partial charge in [-0.2, -0.15) is 9.29 Å². The zero-order chi connectivity index (χ0) is 16.4. The van der Waals surface area contributed by atoms with Crippen LogP contribution in [0.4, 0.5) is 0 Å². The Kier molecular flexibility index (Phi) is 4.50. The SMILES string of the molecule is CCc1nc(C2CCCN(S(=O)(=O)c3ccc(C)cc3)C2)no1. The standard InChI is InChI=1S/C16H21N3O3S/c1-3-15-17-16(18-22-15)13-5-4-10-19(11-13)23(20,21)14-8-6-12(2)7-9-14/h6-9,13H,3-5,10-11H2,1-2H3. The van der Waals surface area contributed by atoms with Gasteiger partial charge in [-0.3, -0.25) is 0 Å². The number of aryl methyl sites for hydroxylation is 2. The summed E-state index contributed by atoms with van der Waals surface area (Å²) < 4.78 is 32.3. The topological polar surface area (TPSA) is 76.3 Å². The fraction of sp³-hybridized carbons (Fsp3) is 0.500. The van der Waals surface area contributed by atoms with E-state index < -0.39 is 10.0 Å². The molecule has 0 spiro atoms. The second-order valence-corrected chi connectivity index (χ2v) is 7.85. The zero-order valence-electron chi connectivity index (χ0n) is 13.4. The smallest absolute Gasteiger partial charge is 0.243 e. The normalized spacial score (nSPS) is 19.8. The highest BCUT2D eigenvalue weighted by atomic mass is 32.2. The third kappa shape index (κ3) is 3.30. The van der Waals surface area contributed by atoms with Crippen molar-refractivity contribution in [3.63, 3.8) is 0 Å². The maximum Gasteiger partial charge on any atom is 0.243 e. The van der Waals surface area contributed by atoms with E-state index in [1.54, 1.807) is 12.1 Å². The summed E-state index contributed by atoms with van der Waals surface area (Å²) in [6, 6.07) is 6.97. The molecule has 1 aliphatic rings. The van der Waals surface area contributed by atoms with Crippen LogP contribution in [0, 0.1) is 6.92 Å². The van der Waals surface area contributed by atoms with Gasteiger partial charge in [-0.05, 0) is 31.9 Å². The fourth-order valence-electron chi connectivity index (χ4n) is 2.81. The molecule has 1 saturated heterocycles. The van der Waals surface area contributed by atoms with E-state index in [0.717, 1.165) is 18.4 Å². The predicted octanol–water partition coefficient (Wildman–Crippen LogP) is 2.51. The van der Waals surface area contributed by atoms with Gasteiger partial charge in [0, 0.05) is 25.4 Å². The summed E-state index contributed by atoms with van der Waals surface area (Å²) in [6.45, 7) is 4.82. The molecule has 1 atom stereocenters. The van der Waals surface area contributed by atoms with Gasteiger partial charge < -0.3 is 4.52 Å². The lowest BCUT2D eigenvalue weighted by Crippen LogP contribution is -2.39. The number of piperidine rings is 1. The molecule has 0 bridgehead atoms. The number of rotatable bonds is 4. The lowest BCUT2D eigenvalue weighted by atomic mass is 9.99. The largest absolute Gasteiger partial charge is 0.339 e. The first-order chi connectivity index (χ1) is 11.0. The summed E-state index contributed by atoms with van der Waals surface area (Å²) in [5.74, 6) is 1.21. The van der Waals surface area contributed by atoms with Crippen molar-refractivity contribution in [2.45, 2.75) is 43.9 Å². The Morgan fingerprint density at radius 3 is 2.70 bits per heavy atom. The third-order valence-electron chi connectivity index (χ3n) is 4.19. The van der Waals surface area contributed by atoms with Crippen molar-refractivity contribution in [3.8, 4) is 0 Å². The van der Waals surface area contributed by atoms with E-state index in [2.05, 4.69) is 10.1 Å². The minimum atomic E-state index is -3.47. The number of hydrogen-bond acceptors (Lipinski definition) is 5. The molecule has 1 unspecified atom stereocenters. The van der Waals surface area contributed by atoms with Gasteiger partial charge in [0.15, 0.2) is 5.82 Å². The number of nitrogens with zero attached hydrogens (tertiary/aromatic N) is 3. The molecule has 6 nitrogen and oxygen atoms in total. The van der Waals surface area contributed by atoms with Crippen LogP contribution in [0.15, 0.2) is 33.7 Å². The highest BCUT2D eigenvalue weighted by Gasteiger charge is 2.32. The molecule has 0 saturated carbocycles. The van der Waals surface area contributed by atoms with E-state index in [4.69, 9.17) is 4.52 Å². The Labute approximate surface area is 136 Å².